The first-order valence-corrected chi connectivity index (χ1v) is 8.88. The summed E-state index contributed by atoms with van der Waals surface area (Å²) in [5.41, 5.74) is 2.04. The number of hydrogen-bond donors (Lipinski definition) is 3. The Bertz CT molecular complexity index is 599. The van der Waals surface area contributed by atoms with Gasteiger partial charge in [0.25, 0.3) is 0 Å². The standard InChI is InChI=1S/C18H26N4O3/c1-13(16-3-2-10-25-16)21-18(24)20-11-14-4-6-15(7-5-14)22-9-8-19-17(23)12-22/h4-7,13,16H,2-3,8-12H2,1H3,(H,19,23)(H2,20,21,24)/t13-,16+/m1/s1. The van der Waals surface area contributed by atoms with Crippen LogP contribution >= 0.6 is 0 Å². The molecule has 2 saturated heterocycles. The van der Waals surface area contributed by atoms with Crippen LogP contribution < -0.4 is 20.9 Å². The lowest BCUT2D eigenvalue weighted by molar-refractivity contribution is -0.120. The summed E-state index contributed by atoms with van der Waals surface area (Å²) in [7, 11) is 0. The third kappa shape index (κ3) is 4.85. The monoisotopic (exact) mass is 346 g/mol. The number of nitrogens with one attached hydrogen (secondary N) is 3. The molecule has 0 aliphatic carbocycles. The Kier molecular flexibility index (Phi) is 5.75. The first-order chi connectivity index (χ1) is 12.1. The molecule has 3 N–H and O–H groups in total. The van der Waals surface area contributed by atoms with Crippen LogP contribution in [0.1, 0.15) is 25.3 Å². The predicted octanol–water partition coefficient (Wildman–Crippen LogP) is 0.990. The van der Waals surface area contributed by atoms with E-state index in [9.17, 15) is 9.59 Å². The molecule has 25 heavy (non-hydrogen) atoms. The molecule has 0 aromatic heterocycles. The molecule has 0 spiro atoms. The van der Waals surface area contributed by atoms with Crippen LogP contribution in [0.25, 0.3) is 0 Å². The maximum Gasteiger partial charge on any atom is 0.315 e. The molecule has 1 aromatic carbocycles. The molecule has 2 aliphatic heterocycles. The highest BCUT2D eigenvalue weighted by atomic mass is 16.5. The maximum atomic E-state index is 12.0. The third-order valence-electron chi connectivity index (χ3n) is 4.67. The number of nitrogens with zero attached hydrogens (tertiary/aromatic N) is 1. The van der Waals surface area contributed by atoms with Gasteiger partial charge in [0.15, 0.2) is 0 Å². The summed E-state index contributed by atoms with van der Waals surface area (Å²) in [5.74, 6) is 0.0500. The van der Waals surface area contributed by atoms with Gasteiger partial charge in [-0.3, -0.25) is 4.79 Å². The number of anilines is 1. The fourth-order valence-electron chi connectivity index (χ4n) is 3.21. The molecule has 0 bridgehead atoms. The Balaban J connectivity index is 1.45. The number of carbonyl (C=O) groups is 2. The van der Waals surface area contributed by atoms with Gasteiger partial charge in [0.05, 0.1) is 18.7 Å². The average molecular weight is 346 g/mol. The van der Waals surface area contributed by atoms with E-state index in [0.717, 1.165) is 37.2 Å². The van der Waals surface area contributed by atoms with Gasteiger partial charge in [0, 0.05) is 31.9 Å². The lowest BCUT2D eigenvalue weighted by atomic mass is 10.1. The van der Waals surface area contributed by atoms with Crippen molar-refractivity contribution in [2.75, 3.05) is 31.1 Å². The number of ether oxygens (including phenoxy) is 1. The van der Waals surface area contributed by atoms with Crippen molar-refractivity contribution in [2.24, 2.45) is 0 Å². The summed E-state index contributed by atoms with van der Waals surface area (Å²) in [6.07, 6.45) is 2.17. The summed E-state index contributed by atoms with van der Waals surface area (Å²) in [6.45, 7) is 5.09. The van der Waals surface area contributed by atoms with E-state index in [1.165, 1.54) is 0 Å². The highest BCUT2D eigenvalue weighted by Crippen LogP contribution is 2.16. The average Bonchev–Trinajstić information content (AvgIpc) is 3.15. The van der Waals surface area contributed by atoms with Crippen molar-refractivity contribution in [3.05, 3.63) is 29.8 Å². The molecule has 0 unspecified atom stereocenters. The van der Waals surface area contributed by atoms with Gasteiger partial charge >= 0.3 is 6.03 Å². The van der Waals surface area contributed by atoms with Gasteiger partial charge in [-0.25, -0.2) is 4.79 Å². The fourth-order valence-corrected chi connectivity index (χ4v) is 3.21. The molecule has 2 heterocycles. The van der Waals surface area contributed by atoms with Crippen molar-refractivity contribution in [1.82, 2.24) is 16.0 Å². The molecule has 3 amide bonds. The van der Waals surface area contributed by atoms with Crippen molar-refractivity contribution >= 4 is 17.6 Å². The minimum absolute atomic E-state index is 0.00937. The van der Waals surface area contributed by atoms with E-state index in [1.54, 1.807) is 0 Å². The second-order valence-corrected chi connectivity index (χ2v) is 6.61. The van der Waals surface area contributed by atoms with E-state index in [0.29, 0.717) is 19.6 Å². The molecular formula is C18H26N4O3. The number of urea groups is 1. The summed E-state index contributed by atoms with van der Waals surface area (Å²) in [4.78, 5) is 25.5. The van der Waals surface area contributed by atoms with Gasteiger partial charge < -0.3 is 25.6 Å². The Morgan fingerprint density at radius 2 is 2.20 bits per heavy atom. The van der Waals surface area contributed by atoms with Crippen LogP contribution in [-0.2, 0) is 16.1 Å². The molecule has 2 aliphatic rings. The third-order valence-corrected chi connectivity index (χ3v) is 4.67. The number of piperazine rings is 1. The Morgan fingerprint density at radius 1 is 1.40 bits per heavy atom. The van der Waals surface area contributed by atoms with E-state index in [4.69, 9.17) is 4.74 Å². The van der Waals surface area contributed by atoms with Crippen LogP contribution in [0.4, 0.5) is 10.5 Å². The SMILES string of the molecule is C[C@@H](NC(=O)NCc1ccc(N2CCNC(=O)C2)cc1)[C@@H]1CCCO1. The zero-order chi connectivity index (χ0) is 17.6. The smallest absolute Gasteiger partial charge is 0.315 e. The van der Waals surface area contributed by atoms with Crippen molar-refractivity contribution in [1.29, 1.82) is 0 Å². The fraction of sp³-hybridized carbons (Fsp3) is 0.556. The van der Waals surface area contributed by atoms with Gasteiger partial charge in [0.1, 0.15) is 0 Å². The molecule has 1 aromatic rings. The minimum atomic E-state index is -0.181. The summed E-state index contributed by atoms with van der Waals surface area (Å²) in [5, 5.41) is 8.63. The molecular weight excluding hydrogens is 320 g/mol. The van der Waals surface area contributed by atoms with Gasteiger partial charge in [0.2, 0.25) is 5.91 Å². The molecule has 0 saturated carbocycles. The first kappa shape index (κ1) is 17.5. The highest BCUT2D eigenvalue weighted by Gasteiger charge is 2.23. The van der Waals surface area contributed by atoms with Crippen LogP contribution in [0.5, 0.6) is 0 Å². The van der Waals surface area contributed by atoms with Crippen LogP contribution in [-0.4, -0.2) is 50.3 Å². The quantitative estimate of drug-likeness (QED) is 0.742. The zero-order valence-electron chi connectivity index (χ0n) is 14.6. The van der Waals surface area contributed by atoms with Crippen molar-refractivity contribution in [2.45, 2.75) is 38.5 Å². The predicted molar refractivity (Wildman–Crippen MR) is 95.5 cm³/mol. The van der Waals surface area contributed by atoms with E-state index in [-0.39, 0.29) is 24.1 Å². The molecule has 136 valence electrons. The second-order valence-electron chi connectivity index (χ2n) is 6.61. The molecule has 7 nitrogen and oxygen atoms in total. The summed E-state index contributed by atoms with van der Waals surface area (Å²) >= 11 is 0. The Morgan fingerprint density at radius 3 is 2.88 bits per heavy atom. The number of rotatable bonds is 5. The van der Waals surface area contributed by atoms with Gasteiger partial charge in [-0.2, -0.15) is 0 Å². The van der Waals surface area contributed by atoms with E-state index in [1.807, 2.05) is 36.1 Å². The van der Waals surface area contributed by atoms with E-state index in [2.05, 4.69) is 16.0 Å². The van der Waals surface area contributed by atoms with Crippen molar-refractivity contribution in [3.63, 3.8) is 0 Å². The van der Waals surface area contributed by atoms with Crippen molar-refractivity contribution in [3.8, 4) is 0 Å². The van der Waals surface area contributed by atoms with E-state index < -0.39 is 0 Å². The molecule has 0 radical (unpaired) electrons. The Labute approximate surface area is 148 Å². The van der Waals surface area contributed by atoms with Gasteiger partial charge in [-0.05, 0) is 37.5 Å². The summed E-state index contributed by atoms with van der Waals surface area (Å²) in [6, 6.07) is 7.76. The lowest BCUT2D eigenvalue weighted by Crippen LogP contribution is -2.47. The van der Waals surface area contributed by atoms with Crippen LogP contribution in [0.15, 0.2) is 24.3 Å². The van der Waals surface area contributed by atoms with Gasteiger partial charge in [-0.1, -0.05) is 12.1 Å². The lowest BCUT2D eigenvalue weighted by Gasteiger charge is -2.28. The normalized spacial score (nSPS) is 21.6. The number of carbonyl (C=O) groups excluding carboxylic acids is 2. The molecule has 2 fully saturated rings. The van der Waals surface area contributed by atoms with Crippen LogP contribution in [0, 0.1) is 0 Å². The Hall–Kier alpha value is -2.28. The van der Waals surface area contributed by atoms with E-state index >= 15 is 0 Å². The molecule has 3 rings (SSSR count). The van der Waals surface area contributed by atoms with Crippen LogP contribution in [0.3, 0.4) is 0 Å². The second kappa shape index (κ2) is 8.20. The van der Waals surface area contributed by atoms with Crippen molar-refractivity contribution < 1.29 is 14.3 Å². The first-order valence-electron chi connectivity index (χ1n) is 8.88. The van der Waals surface area contributed by atoms with Gasteiger partial charge in [-0.15, -0.1) is 0 Å². The number of benzene rings is 1. The molecule has 7 heteroatoms. The largest absolute Gasteiger partial charge is 0.376 e. The number of hydrogen-bond acceptors (Lipinski definition) is 4. The highest BCUT2D eigenvalue weighted by molar-refractivity contribution is 5.82. The zero-order valence-corrected chi connectivity index (χ0v) is 14.6. The maximum absolute atomic E-state index is 12.0. The summed E-state index contributed by atoms with van der Waals surface area (Å²) < 4.78 is 5.58. The van der Waals surface area contributed by atoms with Crippen LogP contribution in [0.2, 0.25) is 0 Å². The topological polar surface area (TPSA) is 82.7 Å². The number of amides is 3. The minimum Gasteiger partial charge on any atom is -0.376 e. The molecule has 2 atom stereocenters.